The highest BCUT2D eigenvalue weighted by molar-refractivity contribution is 6.05. The normalized spacial score (nSPS) is 10.0. The van der Waals surface area contributed by atoms with Gasteiger partial charge in [0.15, 0.2) is 0 Å². The SMILES string of the molecule is CCOc1ccccc1NC(=O)c1cccc(OCc2ccccc2C#N)c1. The summed E-state index contributed by atoms with van der Waals surface area (Å²) in [7, 11) is 0. The van der Waals surface area contributed by atoms with Crippen LogP contribution < -0.4 is 14.8 Å². The largest absolute Gasteiger partial charge is 0.492 e. The molecule has 0 radical (unpaired) electrons. The van der Waals surface area contributed by atoms with Crippen LogP contribution in [-0.2, 0) is 6.61 Å². The third kappa shape index (κ3) is 4.68. The van der Waals surface area contributed by atoms with Crippen molar-refractivity contribution < 1.29 is 14.3 Å². The maximum absolute atomic E-state index is 12.6. The Bertz CT molecular complexity index is 1010. The summed E-state index contributed by atoms with van der Waals surface area (Å²) in [5, 5.41) is 12.0. The molecule has 0 aliphatic heterocycles. The maximum atomic E-state index is 12.6. The topological polar surface area (TPSA) is 71.3 Å². The predicted octanol–water partition coefficient (Wildman–Crippen LogP) is 4.79. The fourth-order valence-electron chi connectivity index (χ4n) is 2.69. The molecular weight excluding hydrogens is 352 g/mol. The van der Waals surface area contributed by atoms with Crippen molar-refractivity contribution >= 4 is 11.6 Å². The summed E-state index contributed by atoms with van der Waals surface area (Å²) in [6.07, 6.45) is 0. The van der Waals surface area contributed by atoms with E-state index in [-0.39, 0.29) is 12.5 Å². The van der Waals surface area contributed by atoms with E-state index in [9.17, 15) is 4.79 Å². The minimum atomic E-state index is -0.255. The number of ether oxygens (including phenoxy) is 2. The van der Waals surface area contributed by atoms with Crippen molar-refractivity contribution in [2.45, 2.75) is 13.5 Å². The van der Waals surface area contributed by atoms with Crippen LogP contribution in [0.1, 0.15) is 28.4 Å². The smallest absolute Gasteiger partial charge is 0.255 e. The molecule has 0 aliphatic carbocycles. The van der Waals surface area contributed by atoms with Gasteiger partial charge in [0.1, 0.15) is 18.1 Å². The quantitative estimate of drug-likeness (QED) is 0.647. The fourth-order valence-corrected chi connectivity index (χ4v) is 2.69. The van der Waals surface area contributed by atoms with E-state index in [4.69, 9.17) is 14.7 Å². The molecular formula is C23H20N2O3. The van der Waals surface area contributed by atoms with Gasteiger partial charge in [-0.1, -0.05) is 36.4 Å². The lowest BCUT2D eigenvalue weighted by Gasteiger charge is -2.12. The summed E-state index contributed by atoms with van der Waals surface area (Å²) in [6.45, 7) is 2.66. The van der Waals surface area contributed by atoms with E-state index in [1.54, 1.807) is 36.4 Å². The molecule has 0 spiro atoms. The third-order valence-corrected chi connectivity index (χ3v) is 4.06. The number of hydrogen-bond donors (Lipinski definition) is 1. The van der Waals surface area contributed by atoms with Crippen LogP contribution in [0.5, 0.6) is 11.5 Å². The van der Waals surface area contributed by atoms with Crippen LogP contribution in [0.4, 0.5) is 5.69 Å². The summed E-state index contributed by atoms with van der Waals surface area (Å²) in [5.41, 5.74) is 2.45. The third-order valence-electron chi connectivity index (χ3n) is 4.06. The first-order chi connectivity index (χ1) is 13.7. The standard InChI is InChI=1S/C23H20N2O3/c1-2-27-22-13-6-5-12-21(22)25-23(26)17-10-7-11-20(14-17)28-16-19-9-4-3-8-18(19)15-24/h3-14H,2,16H2,1H3,(H,25,26). The second-order valence-corrected chi connectivity index (χ2v) is 5.97. The van der Waals surface area contributed by atoms with Crippen LogP contribution in [0.15, 0.2) is 72.8 Å². The van der Waals surface area contributed by atoms with Gasteiger partial charge in [0.2, 0.25) is 0 Å². The number of anilines is 1. The van der Waals surface area contributed by atoms with E-state index in [0.29, 0.717) is 34.9 Å². The number of nitrogens with one attached hydrogen (secondary N) is 1. The van der Waals surface area contributed by atoms with Crippen molar-refractivity contribution in [1.29, 1.82) is 5.26 Å². The number of rotatable bonds is 7. The fraction of sp³-hybridized carbons (Fsp3) is 0.130. The monoisotopic (exact) mass is 372 g/mol. The average molecular weight is 372 g/mol. The zero-order valence-electron chi connectivity index (χ0n) is 15.5. The highest BCUT2D eigenvalue weighted by Gasteiger charge is 2.11. The van der Waals surface area contributed by atoms with Crippen molar-refractivity contribution in [3.05, 3.63) is 89.5 Å². The van der Waals surface area contributed by atoms with Crippen molar-refractivity contribution in [3.8, 4) is 17.6 Å². The number of benzene rings is 3. The molecule has 3 aromatic rings. The average Bonchev–Trinajstić information content (AvgIpc) is 2.74. The number of nitrogens with zero attached hydrogens (tertiary/aromatic N) is 1. The lowest BCUT2D eigenvalue weighted by molar-refractivity contribution is 0.102. The second kappa shape index (κ2) is 9.24. The molecule has 3 aromatic carbocycles. The highest BCUT2D eigenvalue weighted by Crippen LogP contribution is 2.25. The molecule has 0 saturated heterocycles. The Balaban J connectivity index is 1.71. The molecule has 0 bridgehead atoms. The molecule has 5 nitrogen and oxygen atoms in total. The molecule has 0 atom stereocenters. The van der Waals surface area contributed by atoms with Crippen molar-refractivity contribution in [2.24, 2.45) is 0 Å². The maximum Gasteiger partial charge on any atom is 0.255 e. The number of carbonyl (C=O) groups is 1. The zero-order valence-corrected chi connectivity index (χ0v) is 15.5. The number of carbonyl (C=O) groups excluding carboxylic acids is 1. The Labute approximate surface area is 164 Å². The van der Waals surface area contributed by atoms with E-state index < -0.39 is 0 Å². The molecule has 0 fully saturated rings. The van der Waals surface area contributed by atoms with Gasteiger partial charge in [-0.15, -0.1) is 0 Å². The summed E-state index contributed by atoms with van der Waals surface area (Å²) >= 11 is 0. The summed E-state index contributed by atoms with van der Waals surface area (Å²) in [5.74, 6) is 0.923. The summed E-state index contributed by atoms with van der Waals surface area (Å²) < 4.78 is 11.3. The van der Waals surface area contributed by atoms with Gasteiger partial charge in [-0.25, -0.2) is 0 Å². The Morgan fingerprint density at radius 2 is 1.79 bits per heavy atom. The lowest BCUT2D eigenvalue weighted by Crippen LogP contribution is -2.13. The Morgan fingerprint density at radius 1 is 1.00 bits per heavy atom. The second-order valence-electron chi connectivity index (χ2n) is 5.97. The number of nitriles is 1. The summed E-state index contributed by atoms with van der Waals surface area (Å²) in [6, 6.07) is 23.6. The van der Waals surface area contributed by atoms with Gasteiger partial charge in [0, 0.05) is 11.1 Å². The van der Waals surface area contributed by atoms with E-state index in [0.717, 1.165) is 5.56 Å². The van der Waals surface area contributed by atoms with Gasteiger partial charge >= 0.3 is 0 Å². The van der Waals surface area contributed by atoms with Crippen molar-refractivity contribution in [1.82, 2.24) is 0 Å². The Morgan fingerprint density at radius 3 is 2.61 bits per heavy atom. The van der Waals surface area contributed by atoms with Crippen LogP contribution in [-0.4, -0.2) is 12.5 Å². The first-order valence-corrected chi connectivity index (χ1v) is 8.95. The molecule has 0 saturated carbocycles. The molecule has 140 valence electrons. The highest BCUT2D eigenvalue weighted by atomic mass is 16.5. The van der Waals surface area contributed by atoms with Gasteiger partial charge in [-0.05, 0) is 43.3 Å². The Hall–Kier alpha value is -3.78. The minimum Gasteiger partial charge on any atom is -0.492 e. The van der Waals surface area contributed by atoms with Crippen molar-refractivity contribution in [2.75, 3.05) is 11.9 Å². The summed E-state index contributed by atoms with van der Waals surface area (Å²) in [4.78, 5) is 12.6. The first-order valence-electron chi connectivity index (χ1n) is 8.95. The van der Waals surface area contributed by atoms with Gasteiger partial charge in [-0.2, -0.15) is 5.26 Å². The van der Waals surface area contributed by atoms with Gasteiger partial charge in [-0.3, -0.25) is 4.79 Å². The number of hydrogen-bond acceptors (Lipinski definition) is 4. The van der Waals surface area contributed by atoms with E-state index >= 15 is 0 Å². The van der Waals surface area contributed by atoms with Gasteiger partial charge in [0.25, 0.3) is 5.91 Å². The van der Waals surface area contributed by atoms with Crippen LogP contribution in [0.2, 0.25) is 0 Å². The molecule has 3 rings (SSSR count). The molecule has 0 aliphatic rings. The van der Waals surface area contributed by atoms with Gasteiger partial charge in [0.05, 0.1) is 23.9 Å². The Kier molecular flexibility index (Phi) is 6.27. The molecule has 1 amide bonds. The van der Waals surface area contributed by atoms with E-state index in [2.05, 4.69) is 11.4 Å². The molecule has 0 aromatic heterocycles. The minimum absolute atomic E-state index is 0.252. The van der Waals surface area contributed by atoms with Gasteiger partial charge < -0.3 is 14.8 Å². The number of para-hydroxylation sites is 2. The number of amides is 1. The molecule has 1 N–H and O–H groups in total. The van der Waals surface area contributed by atoms with E-state index in [1.165, 1.54) is 0 Å². The van der Waals surface area contributed by atoms with Crippen molar-refractivity contribution in [3.63, 3.8) is 0 Å². The van der Waals surface area contributed by atoms with Crippen LogP contribution in [0.25, 0.3) is 0 Å². The first kappa shape index (κ1) is 19.0. The lowest BCUT2D eigenvalue weighted by atomic mass is 10.1. The zero-order chi connectivity index (χ0) is 19.8. The molecule has 5 heteroatoms. The van der Waals surface area contributed by atoms with Crippen LogP contribution in [0, 0.1) is 11.3 Å². The van der Waals surface area contributed by atoms with Crippen LogP contribution in [0.3, 0.4) is 0 Å². The van der Waals surface area contributed by atoms with Crippen LogP contribution >= 0.6 is 0 Å². The molecule has 0 unspecified atom stereocenters. The molecule has 0 heterocycles. The predicted molar refractivity (Wildman–Crippen MR) is 107 cm³/mol. The van der Waals surface area contributed by atoms with E-state index in [1.807, 2.05) is 43.3 Å². The molecule has 28 heavy (non-hydrogen) atoms.